The molecule has 0 aromatic heterocycles. The van der Waals surface area contributed by atoms with Crippen LogP contribution in [0.15, 0.2) is 24.3 Å². The Balaban J connectivity index is 2.37. The molecule has 1 aliphatic carbocycles. The van der Waals surface area contributed by atoms with Gasteiger partial charge in [0.25, 0.3) is 0 Å². The summed E-state index contributed by atoms with van der Waals surface area (Å²) in [5.74, 6) is 0. The standard InChI is InChI=1S/C14H19F2N/c15-13(16)14(7-2-1-3-8-14)12-6-4-5-11(9-12)10-17/h4-6,9,13H,1-3,7-8,10,17H2. The van der Waals surface area contributed by atoms with E-state index >= 15 is 0 Å². The quantitative estimate of drug-likeness (QED) is 0.856. The Morgan fingerprint density at radius 1 is 1.18 bits per heavy atom. The zero-order valence-electron chi connectivity index (χ0n) is 9.96. The highest BCUT2D eigenvalue weighted by Crippen LogP contribution is 2.44. The van der Waals surface area contributed by atoms with Crippen molar-refractivity contribution in [2.75, 3.05) is 0 Å². The lowest BCUT2D eigenvalue weighted by Crippen LogP contribution is -2.36. The van der Waals surface area contributed by atoms with Gasteiger partial charge in [0.2, 0.25) is 6.43 Å². The number of rotatable bonds is 3. The first-order valence-electron chi connectivity index (χ1n) is 6.27. The molecule has 2 N–H and O–H groups in total. The van der Waals surface area contributed by atoms with E-state index in [0.717, 1.165) is 30.4 Å². The number of alkyl halides is 2. The van der Waals surface area contributed by atoms with Crippen LogP contribution in [0.1, 0.15) is 43.2 Å². The first-order chi connectivity index (χ1) is 8.19. The van der Waals surface area contributed by atoms with Crippen LogP contribution in [0.3, 0.4) is 0 Å². The average Bonchev–Trinajstić information content (AvgIpc) is 2.39. The van der Waals surface area contributed by atoms with Gasteiger partial charge in [-0.3, -0.25) is 0 Å². The Hall–Kier alpha value is -0.960. The minimum Gasteiger partial charge on any atom is -0.326 e. The largest absolute Gasteiger partial charge is 0.326 e. The molecule has 1 aromatic carbocycles. The first kappa shape index (κ1) is 12.5. The van der Waals surface area contributed by atoms with E-state index < -0.39 is 11.8 Å². The lowest BCUT2D eigenvalue weighted by atomic mass is 9.69. The average molecular weight is 239 g/mol. The number of hydrogen-bond acceptors (Lipinski definition) is 1. The van der Waals surface area contributed by atoms with E-state index in [0.29, 0.717) is 19.4 Å². The van der Waals surface area contributed by atoms with Crippen LogP contribution in [-0.2, 0) is 12.0 Å². The molecular weight excluding hydrogens is 220 g/mol. The third kappa shape index (κ3) is 2.34. The van der Waals surface area contributed by atoms with Gasteiger partial charge in [-0.1, -0.05) is 43.5 Å². The molecule has 1 aliphatic rings. The molecule has 3 heteroatoms. The second-order valence-corrected chi connectivity index (χ2v) is 4.92. The van der Waals surface area contributed by atoms with Crippen molar-refractivity contribution in [1.29, 1.82) is 0 Å². The Morgan fingerprint density at radius 2 is 1.88 bits per heavy atom. The summed E-state index contributed by atoms with van der Waals surface area (Å²) in [4.78, 5) is 0. The molecule has 0 spiro atoms. The smallest absolute Gasteiger partial charge is 0.248 e. The molecule has 1 aromatic rings. The molecule has 1 nitrogen and oxygen atoms in total. The molecule has 0 saturated heterocycles. The van der Waals surface area contributed by atoms with Gasteiger partial charge in [-0.2, -0.15) is 0 Å². The molecule has 0 amide bonds. The van der Waals surface area contributed by atoms with Crippen molar-refractivity contribution in [2.45, 2.75) is 50.5 Å². The van der Waals surface area contributed by atoms with E-state index in [1.165, 1.54) is 0 Å². The summed E-state index contributed by atoms with van der Waals surface area (Å²) in [6.07, 6.45) is 1.78. The minimum atomic E-state index is -2.28. The molecule has 2 rings (SSSR count). The van der Waals surface area contributed by atoms with Gasteiger partial charge in [0.05, 0.1) is 5.41 Å². The summed E-state index contributed by atoms with van der Waals surface area (Å²) in [7, 11) is 0. The van der Waals surface area contributed by atoms with Crippen molar-refractivity contribution in [3.05, 3.63) is 35.4 Å². The molecule has 0 unspecified atom stereocenters. The van der Waals surface area contributed by atoms with Crippen molar-refractivity contribution < 1.29 is 8.78 Å². The lowest BCUT2D eigenvalue weighted by Gasteiger charge is -2.37. The summed E-state index contributed by atoms with van der Waals surface area (Å²) in [5.41, 5.74) is 6.36. The van der Waals surface area contributed by atoms with Crippen molar-refractivity contribution in [3.63, 3.8) is 0 Å². The van der Waals surface area contributed by atoms with Crippen LogP contribution in [0.4, 0.5) is 8.78 Å². The van der Waals surface area contributed by atoms with E-state index in [1.54, 1.807) is 0 Å². The SMILES string of the molecule is NCc1cccc(C2(C(F)F)CCCCC2)c1. The fourth-order valence-corrected chi connectivity index (χ4v) is 2.82. The van der Waals surface area contributed by atoms with Gasteiger partial charge in [0, 0.05) is 6.54 Å². The molecule has 0 aliphatic heterocycles. The van der Waals surface area contributed by atoms with Crippen molar-refractivity contribution in [2.24, 2.45) is 5.73 Å². The third-order valence-corrected chi connectivity index (χ3v) is 3.90. The Bertz CT molecular complexity index is 370. The molecule has 17 heavy (non-hydrogen) atoms. The van der Waals surface area contributed by atoms with Crippen LogP contribution in [-0.4, -0.2) is 6.43 Å². The number of halogens is 2. The van der Waals surface area contributed by atoms with E-state index in [9.17, 15) is 8.78 Å². The molecule has 0 heterocycles. The van der Waals surface area contributed by atoms with Gasteiger partial charge in [-0.05, 0) is 24.0 Å². The number of nitrogens with two attached hydrogens (primary N) is 1. The maximum atomic E-state index is 13.5. The maximum Gasteiger partial charge on any atom is 0.248 e. The maximum absolute atomic E-state index is 13.5. The zero-order chi connectivity index (χ0) is 12.3. The summed E-state index contributed by atoms with van der Waals surface area (Å²) in [6.45, 7) is 0.410. The fourth-order valence-electron chi connectivity index (χ4n) is 2.82. The molecule has 0 atom stereocenters. The van der Waals surface area contributed by atoms with Crippen LogP contribution in [0.5, 0.6) is 0 Å². The lowest BCUT2D eigenvalue weighted by molar-refractivity contribution is 0.0254. The van der Waals surface area contributed by atoms with Crippen LogP contribution >= 0.6 is 0 Å². The molecule has 0 radical (unpaired) electrons. The minimum absolute atomic E-state index is 0.410. The summed E-state index contributed by atoms with van der Waals surface area (Å²) in [6, 6.07) is 7.43. The van der Waals surface area contributed by atoms with Crippen molar-refractivity contribution >= 4 is 0 Å². The summed E-state index contributed by atoms with van der Waals surface area (Å²) >= 11 is 0. The highest BCUT2D eigenvalue weighted by atomic mass is 19.3. The van der Waals surface area contributed by atoms with Crippen molar-refractivity contribution in [1.82, 2.24) is 0 Å². The van der Waals surface area contributed by atoms with Gasteiger partial charge in [0.1, 0.15) is 0 Å². The molecule has 1 fully saturated rings. The normalized spacial score (nSPS) is 19.5. The molecule has 94 valence electrons. The van der Waals surface area contributed by atoms with Gasteiger partial charge in [-0.15, -0.1) is 0 Å². The molecular formula is C14H19F2N. The zero-order valence-corrected chi connectivity index (χ0v) is 9.96. The second kappa shape index (κ2) is 5.13. The summed E-state index contributed by atoms with van der Waals surface area (Å²) in [5, 5.41) is 0. The van der Waals surface area contributed by atoms with E-state index in [-0.39, 0.29) is 0 Å². The monoisotopic (exact) mass is 239 g/mol. The van der Waals surface area contributed by atoms with E-state index in [1.807, 2.05) is 24.3 Å². The summed E-state index contributed by atoms with van der Waals surface area (Å²) < 4.78 is 26.9. The van der Waals surface area contributed by atoms with Crippen molar-refractivity contribution in [3.8, 4) is 0 Å². The Morgan fingerprint density at radius 3 is 2.47 bits per heavy atom. The molecule has 0 bridgehead atoms. The van der Waals surface area contributed by atoms with E-state index in [4.69, 9.17) is 5.73 Å². The first-order valence-corrected chi connectivity index (χ1v) is 6.27. The van der Waals surface area contributed by atoms with E-state index in [2.05, 4.69) is 0 Å². The van der Waals surface area contributed by atoms with Gasteiger partial charge >= 0.3 is 0 Å². The number of hydrogen-bond donors (Lipinski definition) is 1. The van der Waals surface area contributed by atoms with Crippen LogP contribution in [0.2, 0.25) is 0 Å². The predicted molar refractivity (Wildman–Crippen MR) is 65.1 cm³/mol. The number of benzene rings is 1. The van der Waals surface area contributed by atoms with Crippen LogP contribution in [0.25, 0.3) is 0 Å². The topological polar surface area (TPSA) is 26.0 Å². The Labute approximate surface area is 101 Å². The highest BCUT2D eigenvalue weighted by molar-refractivity contribution is 5.31. The second-order valence-electron chi connectivity index (χ2n) is 4.92. The fraction of sp³-hybridized carbons (Fsp3) is 0.571. The third-order valence-electron chi connectivity index (χ3n) is 3.90. The predicted octanol–water partition coefficient (Wildman–Crippen LogP) is 3.61. The molecule has 1 saturated carbocycles. The van der Waals surface area contributed by atoms with Gasteiger partial charge in [0.15, 0.2) is 0 Å². The Kier molecular flexibility index (Phi) is 3.77. The van der Waals surface area contributed by atoms with Crippen LogP contribution < -0.4 is 5.73 Å². The van der Waals surface area contributed by atoms with Crippen LogP contribution in [0, 0.1) is 0 Å². The highest BCUT2D eigenvalue weighted by Gasteiger charge is 2.42. The van der Waals surface area contributed by atoms with Gasteiger partial charge in [-0.25, -0.2) is 8.78 Å². The van der Waals surface area contributed by atoms with Gasteiger partial charge < -0.3 is 5.73 Å².